The Bertz CT molecular complexity index is 456. The van der Waals surface area contributed by atoms with Crippen molar-refractivity contribution in [2.24, 2.45) is 0 Å². The number of amides is 2. The number of hydrogen-bond acceptors (Lipinski definition) is 3. The van der Waals surface area contributed by atoms with Gasteiger partial charge in [-0.1, -0.05) is 6.07 Å². The molecule has 0 atom stereocenters. The van der Waals surface area contributed by atoms with Crippen LogP contribution in [0.3, 0.4) is 0 Å². The molecule has 0 heterocycles. The van der Waals surface area contributed by atoms with Crippen molar-refractivity contribution in [2.45, 2.75) is 26.8 Å². The van der Waals surface area contributed by atoms with Crippen LogP contribution in [-0.4, -0.2) is 29.5 Å². The predicted octanol–water partition coefficient (Wildman–Crippen LogP) is 0.955. The highest BCUT2D eigenvalue weighted by Crippen LogP contribution is 2.19. The van der Waals surface area contributed by atoms with Crippen LogP contribution in [0.1, 0.15) is 29.8 Å². The van der Waals surface area contributed by atoms with Crippen LogP contribution in [-0.2, 0) is 4.79 Å². The Morgan fingerprint density at radius 2 is 2.00 bits per heavy atom. The smallest absolute Gasteiger partial charge is 0.252 e. The average molecular weight is 250 g/mol. The van der Waals surface area contributed by atoms with Crippen molar-refractivity contribution < 1.29 is 14.7 Å². The van der Waals surface area contributed by atoms with Gasteiger partial charge >= 0.3 is 0 Å². The Labute approximate surface area is 106 Å². The van der Waals surface area contributed by atoms with Gasteiger partial charge in [0.2, 0.25) is 5.91 Å². The number of phenolic OH excluding ortho intramolecular Hbond substituents is 1. The summed E-state index contributed by atoms with van der Waals surface area (Å²) in [5, 5.41) is 14.7. The van der Waals surface area contributed by atoms with Gasteiger partial charge in [0.1, 0.15) is 5.75 Å². The monoisotopic (exact) mass is 250 g/mol. The number of carbonyl (C=O) groups is 2. The number of phenols is 1. The van der Waals surface area contributed by atoms with E-state index in [0.717, 1.165) is 0 Å². The van der Waals surface area contributed by atoms with Gasteiger partial charge in [-0.3, -0.25) is 9.59 Å². The molecule has 0 fully saturated rings. The molecular formula is C13H18N2O3. The van der Waals surface area contributed by atoms with Crippen LogP contribution >= 0.6 is 0 Å². The van der Waals surface area contributed by atoms with Crippen LogP contribution in [0.4, 0.5) is 0 Å². The largest absolute Gasteiger partial charge is 0.508 e. The van der Waals surface area contributed by atoms with E-state index in [2.05, 4.69) is 10.6 Å². The fourth-order valence-corrected chi connectivity index (χ4v) is 1.50. The zero-order valence-electron chi connectivity index (χ0n) is 10.8. The summed E-state index contributed by atoms with van der Waals surface area (Å²) in [4.78, 5) is 23.2. The average Bonchev–Trinajstić information content (AvgIpc) is 2.29. The molecule has 0 aliphatic heterocycles. The predicted molar refractivity (Wildman–Crippen MR) is 68.5 cm³/mol. The van der Waals surface area contributed by atoms with Crippen LogP contribution in [0.15, 0.2) is 18.2 Å². The van der Waals surface area contributed by atoms with Crippen molar-refractivity contribution in [1.82, 2.24) is 10.6 Å². The number of aromatic hydroxyl groups is 1. The molecule has 0 saturated heterocycles. The normalized spacial score (nSPS) is 10.2. The highest BCUT2D eigenvalue weighted by molar-refractivity contribution is 5.98. The Hall–Kier alpha value is -2.04. The Kier molecular flexibility index (Phi) is 4.71. The van der Waals surface area contributed by atoms with Crippen molar-refractivity contribution in [2.75, 3.05) is 6.54 Å². The molecule has 0 radical (unpaired) electrons. The third-order valence-electron chi connectivity index (χ3n) is 2.41. The first-order valence-corrected chi connectivity index (χ1v) is 5.78. The van der Waals surface area contributed by atoms with Crippen molar-refractivity contribution in [3.05, 3.63) is 29.3 Å². The summed E-state index contributed by atoms with van der Waals surface area (Å²) >= 11 is 0. The molecule has 3 N–H and O–H groups in total. The van der Waals surface area contributed by atoms with Gasteiger partial charge in [0.15, 0.2) is 0 Å². The minimum Gasteiger partial charge on any atom is -0.508 e. The lowest BCUT2D eigenvalue weighted by atomic mass is 10.1. The van der Waals surface area contributed by atoms with Crippen LogP contribution in [0.2, 0.25) is 0 Å². The van der Waals surface area contributed by atoms with E-state index in [4.69, 9.17) is 0 Å². The fourth-order valence-electron chi connectivity index (χ4n) is 1.50. The van der Waals surface area contributed by atoms with E-state index in [-0.39, 0.29) is 30.2 Å². The number of hydrogen-bond donors (Lipinski definition) is 3. The van der Waals surface area contributed by atoms with Gasteiger partial charge in [0.25, 0.3) is 5.91 Å². The summed E-state index contributed by atoms with van der Waals surface area (Å²) in [5.41, 5.74) is 0.867. The Balaban J connectivity index is 2.61. The van der Waals surface area contributed by atoms with Crippen LogP contribution in [0, 0.1) is 6.92 Å². The molecule has 0 aromatic heterocycles. The fraction of sp³-hybridized carbons (Fsp3) is 0.385. The minimum absolute atomic E-state index is 0.0388. The van der Waals surface area contributed by atoms with Gasteiger partial charge < -0.3 is 15.7 Å². The lowest BCUT2D eigenvalue weighted by Crippen LogP contribution is -2.39. The Morgan fingerprint density at radius 1 is 1.33 bits per heavy atom. The molecule has 0 saturated carbocycles. The first kappa shape index (κ1) is 14.0. The second-order valence-electron chi connectivity index (χ2n) is 4.35. The minimum atomic E-state index is -0.373. The molecule has 0 bridgehead atoms. The molecule has 98 valence electrons. The number of benzene rings is 1. The van der Waals surface area contributed by atoms with Crippen molar-refractivity contribution in [1.29, 1.82) is 0 Å². The van der Waals surface area contributed by atoms with Crippen LogP contribution in [0.5, 0.6) is 5.75 Å². The maximum Gasteiger partial charge on any atom is 0.252 e. The Morgan fingerprint density at radius 3 is 2.61 bits per heavy atom. The maximum atomic E-state index is 11.8. The quantitative estimate of drug-likeness (QED) is 0.744. The molecular weight excluding hydrogens is 232 g/mol. The molecule has 0 aliphatic carbocycles. The molecule has 0 unspecified atom stereocenters. The van der Waals surface area contributed by atoms with Gasteiger partial charge in [-0.15, -0.1) is 0 Å². The second kappa shape index (κ2) is 6.05. The van der Waals surface area contributed by atoms with Crippen LogP contribution < -0.4 is 10.6 Å². The zero-order valence-corrected chi connectivity index (χ0v) is 10.8. The summed E-state index contributed by atoms with van der Waals surface area (Å²) in [6.07, 6.45) is 0. The van der Waals surface area contributed by atoms with Gasteiger partial charge in [0, 0.05) is 17.2 Å². The van der Waals surface area contributed by atoms with E-state index < -0.39 is 0 Å². The van der Waals surface area contributed by atoms with E-state index in [0.29, 0.717) is 11.1 Å². The summed E-state index contributed by atoms with van der Waals surface area (Å²) in [6, 6.07) is 4.74. The molecule has 18 heavy (non-hydrogen) atoms. The molecule has 1 rings (SSSR count). The molecule has 2 amide bonds. The van der Waals surface area contributed by atoms with E-state index in [1.807, 2.05) is 13.8 Å². The number of carbonyl (C=O) groups excluding carboxylic acids is 2. The maximum absolute atomic E-state index is 11.8. The van der Waals surface area contributed by atoms with E-state index >= 15 is 0 Å². The molecule has 0 aliphatic rings. The summed E-state index contributed by atoms with van der Waals surface area (Å²) in [6.45, 7) is 5.27. The van der Waals surface area contributed by atoms with E-state index in [1.165, 1.54) is 6.07 Å². The van der Waals surface area contributed by atoms with Crippen molar-refractivity contribution >= 4 is 11.8 Å². The van der Waals surface area contributed by atoms with Gasteiger partial charge in [0.05, 0.1) is 6.54 Å². The summed E-state index contributed by atoms with van der Waals surface area (Å²) < 4.78 is 0. The van der Waals surface area contributed by atoms with Gasteiger partial charge in [-0.05, 0) is 32.9 Å². The summed E-state index contributed by atoms with van der Waals surface area (Å²) in [7, 11) is 0. The second-order valence-corrected chi connectivity index (χ2v) is 4.35. The first-order chi connectivity index (χ1) is 8.41. The molecule has 5 heteroatoms. The molecule has 1 aromatic rings. The lowest BCUT2D eigenvalue weighted by molar-refractivity contribution is -0.120. The SMILES string of the molecule is Cc1c(O)cccc1C(=O)NCC(=O)NC(C)C. The van der Waals surface area contributed by atoms with Crippen molar-refractivity contribution in [3.63, 3.8) is 0 Å². The first-order valence-electron chi connectivity index (χ1n) is 5.78. The van der Waals surface area contributed by atoms with E-state index in [9.17, 15) is 14.7 Å². The highest BCUT2D eigenvalue weighted by atomic mass is 16.3. The molecule has 1 aromatic carbocycles. The molecule has 0 spiro atoms. The van der Waals surface area contributed by atoms with Crippen LogP contribution in [0.25, 0.3) is 0 Å². The summed E-state index contributed by atoms with van der Waals surface area (Å²) in [5.74, 6) is -0.548. The zero-order chi connectivity index (χ0) is 13.7. The third-order valence-corrected chi connectivity index (χ3v) is 2.41. The molecule has 5 nitrogen and oxygen atoms in total. The number of rotatable bonds is 4. The lowest BCUT2D eigenvalue weighted by Gasteiger charge is -2.10. The highest BCUT2D eigenvalue weighted by Gasteiger charge is 2.12. The number of nitrogens with one attached hydrogen (secondary N) is 2. The van der Waals surface area contributed by atoms with Gasteiger partial charge in [-0.25, -0.2) is 0 Å². The third kappa shape index (κ3) is 3.76. The standard InChI is InChI=1S/C13H18N2O3/c1-8(2)15-12(17)7-14-13(18)10-5-4-6-11(16)9(10)3/h4-6,8,16H,7H2,1-3H3,(H,14,18)(H,15,17). The topological polar surface area (TPSA) is 78.4 Å². The van der Waals surface area contributed by atoms with E-state index in [1.54, 1.807) is 19.1 Å². The van der Waals surface area contributed by atoms with Gasteiger partial charge in [-0.2, -0.15) is 0 Å². The van der Waals surface area contributed by atoms with Crippen molar-refractivity contribution in [3.8, 4) is 5.75 Å².